The monoisotopic (exact) mass is 399 g/mol. The smallest absolute Gasteiger partial charge is 0.279 e. The molecule has 0 fully saturated rings. The molecule has 142 valence electrons. The van der Waals surface area contributed by atoms with Crippen molar-refractivity contribution in [2.75, 3.05) is 0 Å². The van der Waals surface area contributed by atoms with Gasteiger partial charge in [0.15, 0.2) is 10.6 Å². The molecule has 1 amide bonds. The predicted molar refractivity (Wildman–Crippen MR) is 101 cm³/mol. The van der Waals surface area contributed by atoms with Gasteiger partial charge < -0.3 is 0 Å². The van der Waals surface area contributed by atoms with E-state index in [0.29, 0.717) is 16.3 Å². The van der Waals surface area contributed by atoms with Crippen LogP contribution >= 0.6 is 11.3 Å². The van der Waals surface area contributed by atoms with Crippen LogP contribution in [0.4, 0.5) is 10.1 Å². The molecule has 0 saturated heterocycles. The molecule has 0 saturated carbocycles. The van der Waals surface area contributed by atoms with Crippen LogP contribution < -0.4 is 4.80 Å². The molecule has 28 heavy (non-hydrogen) atoms. The first-order chi connectivity index (χ1) is 13.3. The van der Waals surface area contributed by atoms with Crippen molar-refractivity contribution in [1.29, 1.82) is 0 Å². The lowest BCUT2D eigenvalue weighted by Crippen LogP contribution is -2.16. The first-order valence-electron chi connectivity index (χ1n) is 8.11. The third-order valence-corrected chi connectivity index (χ3v) is 5.20. The fraction of sp³-hybridized carbons (Fsp3) is 0.105. The molecule has 0 aliphatic heterocycles. The van der Waals surface area contributed by atoms with E-state index in [9.17, 15) is 24.1 Å². The Balaban J connectivity index is 2.14. The van der Waals surface area contributed by atoms with Crippen LogP contribution in [0.15, 0.2) is 53.5 Å². The van der Waals surface area contributed by atoms with E-state index in [1.807, 2.05) is 0 Å². The standard InChI is InChI=1S/C19H14FN3O4S/c1-11-17(12(2)24)28-19(22(11)16-5-3-4-14(20)10-16)21-18(25)13-6-8-15(9-7-13)23(26)27/h3-10H,1-2H3. The van der Waals surface area contributed by atoms with Crippen LogP contribution in [-0.2, 0) is 0 Å². The molecule has 1 heterocycles. The minimum Gasteiger partial charge on any atom is -0.294 e. The Morgan fingerprint density at radius 1 is 1.18 bits per heavy atom. The first kappa shape index (κ1) is 19.3. The lowest BCUT2D eigenvalue weighted by atomic mass is 10.2. The number of aromatic nitrogens is 1. The molecule has 3 aromatic rings. The van der Waals surface area contributed by atoms with E-state index in [-0.39, 0.29) is 21.8 Å². The zero-order valence-electron chi connectivity index (χ0n) is 14.9. The number of carbonyl (C=O) groups excluding carboxylic acids is 2. The average molecular weight is 399 g/mol. The Kier molecular flexibility index (Phi) is 5.27. The van der Waals surface area contributed by atoms with Gasteiger partial charge in [0.05, 0.1) is 15.5 Å². The maximum atomic E-state index is 13.7. The van der Waals surface area contributed by atoms with E-state index in [0.717, 1.165) is 11.3 Å². The van der Waals surface area contributed by atoms with Gasteiger partial charge in [-0.15, -0.1) is 0 Å². The number of amides is 1. The van der Waals surface area contributed by atoms with Gasteiger partial charge in [0.1, 0.15) is 5.82 Å². The Bertz CT molecular complexity index is 1160. The van der Waals surface area contributed by atoms with E-state index in [1.54, 1.807) is 13.0 Å². The van der Waals surface area contributed by atoms with Crippen LogP contribution in [0.3, 0.4) is 0 Å². The summed E-state index contributed by atoms with van der Waals surface area (Å²) in [6.45, 7) is 3.09. The Hall–Kier alpha value is -3.46. The Morgan fingerprint density at radius 2 is 1.86 bits per heavy atom. The van der Waals surface area contributed by atoms with E-state index in [4.69, 9.17) is 0 Å². The molecule has 7 nitrogen and oxygen atoms in total. The molecule has 1 aromatic heterocycles. The van der Waals surface area contributed by atoms with Crippen LogP contribution in [0, 0.1) is 22.9 Å². The highest BCUT2D eigenvalue weighted by Gasteiger charge is 2.17. The zero-order valence-corrected chi connectivity index (χ0v) is 15.7. The number of nitrogens with zero attached hydrogens (tertiary/aromatic N) is 3. The second-order valence-corrected chi connectivity index (χ2v) is 6.87. The van der Waals surface area contributed by atoms with E-state index in [1.165, 1.54) is 54.0 Å². The Labute approximate surface area is 162 Å². The fourth-order valence-corrected chi connectivity index (χ4v) is 3.68. The molecule has 0 aliphatic rings. The van der Waals surface area contributed by atoms with Gasteiger partial charge in [0.25, 0.3) is 11.6 Å². The number of halogens is 1. The van der Waals surface area contributed by atoms with Crippen molar-refractivity contribution in [3.8, 4) is 5.69 Å². The minimum atomic E-state index is -0.628. The van der Waals surface area contributed by atoms with Gasteiger partial charge in [-0.3, -0.25) is 24.3 Å². The van der Waals surface area contributed by atoms with E-state index in [2.05, 4.69) is 4.99 Å². The van der Waals surface area contributed by atoms with Gasteiger partial charge in [0.2, 0.25) is 0 Å². The number of ketones is 1. The normalized spacial score (nSPS) is 11.5. The highest BCUT2D eigenvalue weighted by atomic mass is 32.1. The zero-order chi connectivity index (χ0) is 20.4. The highest BCUT2D eigenvalue weighted by molar-refractivity contribution is 7.11. The van der Waals surface area contributed by atoms with Gasteiger partial charge in [0, 0.05) is 30.3 Å². The molecule has 0 radical (unpaired) electrons. The summed E-state index contributed by atoms with van der Waals surface area (Å²) in [5, 5.41) is 10.7. The van der Waals surface area contributed by atoms with E-state index < -0.39 is 16.6 Å². The van der Waals surface area contributed by atoms with Gasteiger partial charge in [-0.1, -0.05) is 17.4 Å². The summed E-state index contributed by atoms with van der Waals surface area (Å²) in [4.78, 5) is 39.3. The van der Waals surface area contributed by atoms with Gasteiger partial charge >= 0.3 is 0 Å². The highest BCUT2D eigenvalue weighted by Crippen LogP contribution is 2.19. The van der Waals surface area contributed by atoms with Gasteiger partial charge in [-0.2, -0.15) is 4.99 Å². The van der Waals surface area contributed by atoms with Crippen molar-refractivity contribution >= 4 is 28.7 Å². The van der Waals surface area contributed by atoms with Crippen LogP contribution in [0.1, 0.15) is 32.6 Å². The van der Waals surface area contributed by atoms with Crippen LogP contribution in [0.5, 0.6) is 0 Å². The lowest BCUT2D eigenvalue weighted by molar-refractivity contribution is -0.384. The largest absolute Gasteiger partial charge is 0.294 e. The number of nitro benzene ring substituents is 1. The SMILES string of the molecule is CC(=O)c1sc(=NC(=O)c2ccc([N+](=O)[O-])cc2)n(-c2cccc(F)c2)c1C. The average Bonchev–Trinajstić information content (AvgIpc) is 2.98. The molecular formula is C19H14FN3O4S. The molecular weight excluding hydrogens is 385 g/mol. The summed E-state index contributed by atoms with van der Waals surface area (Å²) in [5.74, 6) is -1.29. The fourth-order valence-electron chi connectivity index (χ4n) is 2.65. The van der Waals surface area contributed by atoms with Crippen molar-refractivity contribution in [3.63, 3.8) is 0 Å². The number of non-ortho nitro benzene ring substituents is 1. The molecule has 0 N–H and O–H groups in total. The van der Waals surface area contributed by atoms with Gasteiger partial charge in [-0.05, 0) is 37.3 Å². The second kappa shape index (κ2) is 7.65. The lowest BCUT2D eigenvalue weighted by Gasteiger charge is -2.06. The minimum absolute atomic E-state index is 0.141. The van der Waals surface area contributed by atoms with Gasteiger partial charge in [-0.25, -0.2) is 4.39 Å². The maximum Gasteiger partial charge on any atom is 0.279 e. The number of thiazole rings is 1. The van der Waals surface area contributed by atoms with Crippen molar-refractivity contribution in [3.05, 3.63) is 85.4 Å². The maximum absolute atomic E-state index is 13.7. The number of Topliss-reactive ketones (excluding diaryl/α,β-unsaturated/α-hetero) is 1. The summed E-state index contributed by atoms with van der Waals surface area (Å²) in [6.07, 6.45) is 0. The number of benzene rings is 2. The first-order valence-corrected chi connectivity index (χ1v) is 8.92. The van der Waals surface area contributed by atoms with Crippen molar-refractivity contribution in [2.45, 2.75) is 13.8 Å². The molecule has 0 spiro atoms. The summed E-state index contributed by atoms with van der Waals surface area (Å²) >= 11 is 1.02. The topological polar surface area (TPSA) is 94.6 Å². The van der Waals surface area contributed by atoms with Crippen molar-refractivity contribution < 1.29 is 18.9 Å². The van der Waals surface area contributed by atoms with Crippen LogP contribution in [0.25, 0.3) is 5.69 Å². The number of carbonyl (C=O) groups is 2. The van der Waals surface area contributed by atoms with Crippen molar-refractivity contribution in [1.82, 2.24) is 4.57 Å². The molecule has 0 atom stereocenters. The molecule has 2 aromatic carbocycles. The summed E-state index contributed by atoms with van der Waals surface area (Å²) in [5.41, 5.74) is 0.985. The van der Waals surface area contributed by atoms with E-state index >= 15 is 0 Å². The molecule has 9 heteroatoms. The second-order valence-electron chi connectivity index (χ2n) is 5.89. The van der Waals surface area contributed by atoms with Crippen molar-refractivity contribution in [2.24, 2.45) is 4.99 Å². The number of nitro groups is 1. The Morgan fingerprint density at radius 3 is 2.43 bits per heavy atom. The third kappa shape index (κ3) is 3.79. The number of hydrogen-bond acceptors (Lipinski definition) is 5. The molecule has 0 aliphatic carbocycles. The molecule has 3 rings (SSSR count). The number of rotatable bonds is 4. The summed E-state index contributed by atoms with van der Waals surface area (Å²) in [6, 6.07) is 10.8. The molecule has 0 bridgehead atoms. The molecule has 0 unspecified atom stereocenters. The number of hydrogen-bond donors (Lipinski definition) is 0. The third-order valence-electron chi connectivity index (χ3n) is 3.96. The quantitative estimate of drug-likeness (QED) is 0.378. The summed E-state index contributed by atoms with van der Waals surface area (Å²) in [7, 11) is 0. The predicted octanol–water partition coefficient (Wildman–Crippen LogP) is 3.84. The van der Waals surface area contributed by atoms with Crippen LogP contribution in [0.2, 0.25) is 0 Å². The van der Waals surface area contributed by atoms with Crippen LogP contribution in [-0.4, -0.2) is 21.2 Å². The summed E-state index contributed by atoms with van der Waals surface area (Å²) < 4.78 is 15.2.